The van der Waals surface area contributed by atoms with Gasteiger partial charge in [0.2, 0.25) is 0 Å². The van der Waals surface area contributed by atoms with Gasteiger partial charge in [-0.1, -0.05) is 6.07 Å². The highest BCUT2D eigenvalue weighted by Gasteiger charge is 2.33. The number of hydrogen-bond acceptors (Lipinski definition) is 6. The number of hydrogen-bond donors (Lipinski definition) is 2. The molecule has 2 atom stereocenters. The van der Waals surface area contributed by atoms with Crippen molar-refractivity contribution < 1.29 is 18.6 Å². The minimum atomic E-state index is -0.641. The van der Waals surface area contributed by atoms with Gasteiger partial charge in [-0.25, -0.2) is 8.78 Å². The van der Waals surface area contributed by atoms with Gasteiger partial charge in [0, 0.05) is 60.6 Å². The quantitative estimate of drug-likeness (QED) is 0.431. The van der Waals surface area contributed by atoms with Gasteiger partial charge in [0.1, 0.15) is 23.1 Å². The summed E-state index contributed by atoms with van der Waals surface area (Å²) in [6, 6.07) is 11.3. The van der Waals surface area contributed by atoms with Crippen LogP contribution in [0.15, 0.2) is 54.9 Å². The average Bonchev–Trinajstić information content (AvgIpc) is 2.88. The third-order valence-corrected chi connectivity index (χ3v) is 7.13. The van der Waals surface area contributed by atoms with E-state index in [4.69, 9.17) is 4.74 Å². The number of nitrogens with one attached hydrogen (secondary N) is 1. The highest BCUT2D eigenvalue weighted by Crippen LogP contribution is 2.41. The van der Waals surface area contributed by atoms with E-state index in [-0.39, 0.29) is 17.9 Å². The van der Waals surface area contributed by atoms with Crippen molar-refractivity contribution in [1.29, 1.82) is 0 Å². The molecule has 2 aliphatic rings. The van der Waals surface area contributed by atoms with Crippen molar-refractivity contribution in [2.45, 2.75) is 25.5 Å². The normalized spacial score (nSPS) is 19.9. The van der Waals surface area contributed by atoms with Crippen LogP contribution in [0.5, 0.6) is 5.75 Å². The highest BCUT2D eigenvalue weighted by molar-refractivity contribution is 6.01. The number of rotatable bonds is 3. The topological polar surface area (TPSA) is 70.5 Å². The number of piperidine rings is 1. The van der Waals surface area contributed by atoms with Gasteiger partial charge in [-0.2, -0.15) is 0 Å². The van der Waals surface area contributed by atoms with Crippen LogP contribution in [0.4, 0.5) is 14.5 Å². The number of nitrogens with zero attached hydrogens (tertiary/aromatic N) is 3. The molecule has 2 aliphatic heterocycles. The van der Waals surface area contributed by atoms with E-state index in [1.807, 2.05) is 25.1 Å². The number of benzene rings is 2. The van der Waals surface area contributed by atoms with Crippen LogP contribution < -0.4 is 10.2 Å². The second kappa shape index (κ2) is 9.11. The maximum atomic E-state index is 14.3. The zero-order valence-electron chi connectivity index (χ0n) is 19.8. The number of aromatic hydroxyl groups is 1. The summed E-state index contributed by atoms with van der Waals surface area (Å²) in [5, 5.41) is 15.0. The molecule has 2 aromatic heterocycles. The predicted molar refractivity (Wildman–Crippen MR) is 135 cm³/mol. The third kappa shape index (κ3) is 4.06. The molecule has 36 heavy (non-hydrogen) atoms. The smallest absolute Gasteiger partial charge is 0.144 e. The first-order valence-corrected chi connectivity index (χ1v) is 12.1. The van der Waals surface area contributed by atoms with E-state index in [9.17, 15) is 13.9 Å². The van der Waals surface area contributed by atoms with E-state index in [1.54, 1.807) is 18.5 Å². The number of aryl methyl sites for hydroxylation is 1. The molecule has 0 amide bonds. The predicted octanol–water partition coefficient (Wildman–Crippen LogP) is 4.82. The van der Waals surface area contributed by atoms with Crippen molar-refractivity contribution in [3.63, 3.8) is 0 Å². The van der Waals surface area contributed by atoms with Crippen molar-refractivity contribution in [3.05, 3.63) is 72.1 Å². The number of morpholine rings is 1. The van der Waals surface area contributed by atoms with Crippen LogP contribution in [-0.4, -0.2) is 53.5 Å². The average molecular weight is 489 g/mol. The second-order valence-corrected chi connectivity index (χ2v) is 9.44. The molecule has 0 saturated carbocycles. The van der Waals surface area contributed by atoms with Gasteiger partial charge >= 0.3 is 0 Å². The number of pyridine rings is 2. The van der Waals surface area contributed by atoms with Crippen molar-refractivity contribution in [3.8, 4) is 28.1 Å². The summed E-state index contributed by atoms with van der Waals surface area (Å²) in [7, 11) is 0. The maximum absolute atomic E-state index is 14.3. The summed E-state index contributed by atoms with van der Waals surface area (Å²) in [5.74, 6) is -1.16. The summed E-state index contributed by atoms with van der Waals surface area (Å²) in [6.45, 7) is 4.70. The van der Waals surface area contributed by atoms with E-state index in [0.717, 1.165) is 53.3 Å². The van der Waals surface area contributed by atoms with Crippen LogP contribution >= 0.6 is 0 Å². The molecule has 4 heterocycles. The standard InChI is InChI=1S/C28H26F2N4O2/c1-16-4-6-32-26(28(16)35)17-2-3-23-21(12-17)27(34-8-5-24-25(15-34)36-9-7-31-24)22(14-33-23)18-10-19(29)13-20(30)11-18/h2-4,6,10-14,24-25,31,35H,5,7-9,15H2,1H3. The fourth-order valence-electron chi connectivity index (χ4n) is 5.33. The molecule has 0 spiro atoms. The Morgan fingerprint density at radius 3 is 2.72 bits per heavy atom. The van der Waals surface area contributed by atoms with Crippen molar-refractivity contribution >= 4 is 16.6 Å². The Kier molecular flexibility index (Phi) is 5.78. The first kappa shape index (κ1) is 22.8. The summed E-state index contributed by atoms with van der Waals surface area (Å²) in [6.07, 6.45) is 4.24. The van der Waals surface area contributed by atoms with Crippen LogP contribution in [0.25, 0.3) is 33.3 Å². The van der Waals surface area contributed by atoms with Gasteiger partial charge in [0.15, 0.2) is 0 Å². The largest absolute Gasteiger partial charge is 0.505 e. The molecule has 2 unspecified atom stereocenters. The summed E-state index contributed by atoms with van der Waals surface area (Å²) < 4.78 is 34.6. The lowest BCUT2D eigenvalue weighted by Crippen LogP contribution is -2.57. The van der Waals surface area contributed by atoms with Gasteiger partial charge in [0.05, 0.1) is 23.9 Å². The lowest BCUT2D eigenvalue weighted by atomic mass is 9.95. The van der Waals surface area contributed by atoms with Crippen molar-refractivity contribution in [2.24, 2.45) is 0 Å². The number of aromatic nitrogens is 2. The van der Waals surface area contributed by atoms with E-state index in [2.05, 4.69) is 20.2 Å². The molecule has 0 radical (unpaired) electrons. The Hall–Kier alpha value is -3.62. The lowest BCUT2D eigenvalue weighted by molar-refractivity contribution is -0.00896. The Morgan fingerprint density at radius 1 is 1.06 bits per heavy atom. The fourth-order valence-corrected chi connectivity index (χ4v) is 5.33. The molecule has 0 aliphatic carbocycles. The minimum absolute atomic E-state index is 0.0125. The van der Waals surface area contributed by atoms with Crippen molar-refractivity contribution in [1.82, 2.24) is 15.3 Å². The van der Waals surface area contributed by atoms with Gasteiger partial charge in [-0.05, 0) is 54.8 Å². The second-order valence-electron chi connectivity index (χ2n) is 9.44. The maximum Gasteiger partial charge on any atom is 0.144 e. The monoisotopic (exact) mass is 488 g/mol. The van der Waals surface area contributed by atoms with Gasteiger partial charge < -0.3 is 20.1 Å². The van der Waals surface area contributed by atoms with Gasteiger partial charge in [-0.15, -0.1) is 0 Å². The Labute approximate surface area is 207 Å². The molecule has 2 aromatic carbocycles. The minimum Gasteiger partial charge on any atom is -0.505 e. The van der Waals surface area contributed by atoms with E-state index in [0.29, 0.717) is 30.0 Å². The molecule has 2 N–H and O–H groups in total. The Balaban J connectivity index is 1.56. The summed E-state index contributed by atoms with van der Waals surface area (Å²) >= 11 is 0. The molecular weight excluding hydrogens is 462 g/mol. The van der Waals surface area contributed by atoms with Crippen LogP contribution in [-0.2, 0) is 4.74 Å². The summed E-state index contributed by atoms with van der Waals surface area (Å²) in [4.78, 5) is 11.3. The number of halogens is 2. The molecule has 0 bridgehead atoms. The van der Waals surface area contributed by atoms with Crippen LogP contribution in [0.2, 0.25) is 0 Å². The van der Waals surface area contributed by atoms with Crippen molar-refractivity contribution in [2.75, 3.05) is 31.1 Å². The Bertz CT molecular complexity index is 1440. The number of fused-ring (bicyclic) bond motifs is 2. The molecule has 2 fully saturated rings. The number of anilines is 1. The molecule has 2 saturated heterocycles. The van der Waals surface area contributed by atoms with Crippen LogP contribution in [0, 0.1) is 18.6 Å². The van der Waals surface area contributed by atoms with Gasteiger partial charge in [-0.3, -0.25) is 9.97 Å². The zero-order valence-corrected chi connectivity index (χ0v) is 19.8. The fraction of sp³-hybridized carbons (Fsp3) is 0.286. The first-order chi connectivity index (χ1) is 17.5. The lowest BCUT2D eigenvalue weighted by Gasteiger charge is -2.43. The molecule has 184 valence electrons. The zero-order chi connectivity index (χ0) is 24.8. The first-order valence-electron chi connectivity index (χ1n) is 12.1. The van der Waals surface area contributed by atoms with E-state index >= 15 is 0 Å². The summed E-state index contributed by atoms with van der Waals surface area (Å²) in [5.41, 5.74) is 4.58. The van der Waals surface area contributed by atoms with Crippen LogP contribution in [0.3, 0.4) is 0 Å². The third-order valence-electron chi connectivity index (χ3n) is 7.13. The highest BCUT2D eigenvalue weighted by atomic mass is 19.1. The van der Waals surface area contributed by atoms with E-state index < -0.39 is 11.6 Å². The molecule has 4 aromatic rings. The van der Waals surface area contributed by atoms with Crippen LogP contribution in [0.1, 0.15) is 12.0 Å². The molecular formula is C28H26F2N4O2. The molecule has 6 rings (SSSR count). The van der Waals surface area contributed by atoms with E-state index in [1.165, 1.54) is 12.1 Å². The SMILES string of the molecule is Cc1ccnc(-c2ccc3ncc(-c4cc(F)cc(F)c4)c(N4CCC5NCCOC5C4)c3c2)c1O. The molecule has 6 nitrogen and oxygen atoms in total. The number of ether oxygens (including phenoxy) is 1. The molecule has 8 heteroatoms. The van der Waals surface area contributed by atoms with Gasteiger partial charge in [0.25, 0.3) is 0 Å². The Morgan fingerprint density at radius 2 is 1.89 bits per heavy atom.